The molecule has 0 radical (unpaired) electrons. The average molecular weight is 486 g/mol. The van der Waals surface area contributed by atoms with Gasteiger partial charge in [0.05, 0.1) is 18.1 Å². The van der Waals surface area contributed by atoms with E-state index in [9.17, 15) is 20.1 Å². The summed E-state index contributed by atoms with van der Waals surface area (Å²) in [6.45, 7) is 4.44. The van der Waals surface area contributed by atoms with Crippen molar-refractivity contribution >= 4 is 5.78 Å². The van der Waals surface area contributed by atoms with E-state index >= 15 is 0 Å². The van der Waals surface area contributed by atoms with Crippen molar-refractivity contribution in [1.29, 1.82) is 0 Å². The molecule has 4 atom stereocenters. The van der Waals surface area contributed by atoms with Gasteiger partial charge in [-0.1, -0.05) is 136 Å². The second-order valence-electron chi connectivity index (χ2n) is 10.5. The molecule has 4 unspecified atom stereocenters. The van der Waals surface area contributed by atoms with Gasteiger partial charge < -0.3 is 21.1 Å². The minimum absolute atomic E-state index is 0.0381. The van der Waals surface area contributed by atoms with Gasteiger partial charge in [-0.25, -0.2) is 0 Å². The summed E-state index contributed by atoms with van der Waals surface area (Å²) >= 11 is 0. The zero-order chi connectivity index (χ0) is 25.4. The number of hydrogen-bond donors (Lipinski definition) is 4. The zero-order valence-corrected chi connectivity index (χ0v) is 22.7. The van der Waals surface area contributed by atoms with Gasteiger partial charge in [-0.05, 0) is 12.8 Å². The first-order valence-corrected chi connectivity index (χ1v) is 14.8. The van der Waals surface area contributed by atoms with Crippen molar-refractivity contribution in [3.8, 4) is 0 Å². The number of unbranched alkanes of at least 4 members (excludes halogenated alkanes) is 17. The van der Waals surface area contributed by atoms with Crippen LogP contribution in [0, 0.1) is 5.92 Å². The number of rotatable bonds is 26. The maximum Gasteiger partial charge on any atom is 0.145 e. The molecule has 0 aromatic carbocycles. The smallest absolute Gasteiger partial charge is 0.145 e. The minimum Gasteiger partial charge on any atom is -0.393 e. The van der Waals surface area contributed by atoms with Crippen LogP contribution < -0.4 is 5.73 Å². The highest BCUT2D eigenvalue weighted by atomic mass is 16.3. The Bertz CT molecular complexity index is 444. The Balaban J connectivity index is 3.89. The Labute approximate surface area is 211 Å². The molecular weight excluding hydrogens is 426 g/mol. The highest BCUT2D eigenvalue weighted by Gasteiger charge is 2.32. The largest absolute Gasteiger partial charge is 0.393 e. The van der Waals surface area contributed by atoms with Gasteiger partial charge in [-0.3, -0.25) is 4.79 Å². The Morgan fingerprint density at radius 3 is 1.32 bits per heavy atom. The molecule has 0 heterocycles. The van der Waals surface area contributed by atoms with Gasteiger partial charge in [0.2, 0.25) is 0 Å². The van der Waals surface area contributed by atoms with Crippen molar-refractivity contribution in [3.63, 3.8) is 0 Å². The van der Waals surface area contributed by atoms with E-state index in [0.29, 0.717) is 12.8 Å². The average Bonchev–Trinajstić information content (AvgIpc) is 2.79. The lowest BCUT2D eigenvalue weighted by Crippen LogP contribution is -2.44. The fraction of sp³-hybridized carbons (Fsp3) is 0.966. The molecule has 5 N–H and O–H groups in total. The standard InChI is InChI=1S/C29H59NO4/c1-3-5-7-9-11-12-13-14-15-16-17-19-21-23-26(32)28(29(30)34)27(33)24-25(31)22-20-18-10-8-6-4-2/h25-26,28-29,31-32,34H,3-24,30H2,1-2H3. The number of Topliss-reactive ketones (excluding diaryl/α,β-unsaturated/α-hetero) is 1. The van der Waals surface area contributed by atoms with E-state index in [1.807, 2.05) is 0 Å². The van der Waals surface area contributed by atoms with E-state index in [1.54, 1.807) is 0 Å². The quantitative estimate of drug-likeness (QED) is 0.0797. The number of aliphatic hydroxyl groups excluding tert-OH is 3. The van der Waals surface area contributed by atoms with E-state index in [1.165, 1.54) is 83.5 Å². The predicted molar refractivity (Wildman–Crippen MR) is 144 cm³/mol. The second-order valence-corrected chi connectivity index (χ2v) is 10.5. The summed E-state index contributed by atoms with van der Waals surface area (Å²) in [6.07, 6.45) is 21.1. The van der Waals surface area contributed by atoms with Crippen LogP contribution in [0.4, 0.5) is 0 Å². The molecule has 0 aromatic rings. The first kappa shape index (κ1) is 33.5. The van der Waals surface area contributed by atoms with Crippen LogP contribution in [0.2, 0.25) is 0 Å². The number of nitrogens with two attached hydrogens (primary N) is 1. The lowest BCUT2D eigenvalue weighted by molar-refractivity contribution is -0.133. The molecule has 0 saturated carbocycles. The highest BCUT2D eigenvalue weighted by Crippen LogP contribution is 2.20. The maximum absolute atomic E-state index is 12.6. The molecule has 0 spiro atoms. The van der Waals surface area contributed by atoms with Crippen LogP contribution in [0.25, 0.3) is 0 Å². The highest BCUT2D eigenvalue weighted by molar-refractivity contribution is 5.82. The molecule has 34 heavy (non-hydrogen) atoms. The molecular formula is C29H59NO4. The summed E-state index contributed by atoms with van der Waals surface area (Å²) in [4.78, 5) is 12.6. The van der Waals surface area contributed by atoms with E-state index in [4.69, 9.17) is 5.73 Å². The van der Waals surface area contributed by atoms with Crippen LogP contribution in [0.3, 0.4) is 0 Å². The summed E-state index contributed by atoms with van der Waals surface area (Å²) in [5.41, 5.74) is 5.62. The summed E-state index contributed by atoms with van der Waals surface area (Å²) in [7, 11) is 0. The topological polar surface area (TPSA) is 104 Å². The Kier molecular flexibility index (Phi) is 23.9. The Hall–Kier alpha value is -0.490. The molecule has 5 heteroatoms. The van der Waals surface area contributed by atoms with Crippen molar-refractivity contribution in [3.05, 3.63) is 0 Å². The number of ketones is 1. The number of carbonyl (C=O) groups excluding carboxylic acids is 1. The van der Waals surface area contributed by atoms with Crippen LogP contribution in [0.1, 0.15) is 155 Å². The van der Waals surface area contributed by atoms with Crippen LogP contribution in [0.15, 0.2) is 0 Å². The molecule has 0 aromatic heterocycles. The van der Waals surface area contributed by atoms with Gasteiger partial charge in [-0.2, -0.15) is 0 Å². The predicted octanol–water partition coefficient (Wildman–Crippen LogP) is 6.79. The lowest BCUT2D eigenvalue weighted by atomic mass is 9.88. The number of hydrogen-bond acceptors (Lipinski definition) is 5. The maximum atomic E-state index is 12.6. The molecule has 0 aliphatic heterocycles. The third kappa shape index (κ3) is 19.8. The summed E-state index contributed by atoms with van der Waals surface area (Å²) in [5.74, 6) is -1.33. The van der Waals surface area contributed by atoms with Crippen molar-refractivity contribution in [2.45, 2.75) is 174 Å². The van der Waals surface area contributed by atoms with E-state index in [-0.39, 0.29) is 12.2 Å². The van der Waals surface area contributed by atoms with Crippen LogP contribution in [-0.4, -0.2) is 39.5 Å². The molecule has 5 nitrogen and oxygen atoms in total. The third-order valence-corrected chi connectivity index (χ3v) is 7.09. The van der Waals surface area contributed by atoms with E-state index in [0.717, 1.165) is 38.5 Å². The number of aliphatic hydroxyl groups is 3. The van der Waals surface area contributed by atoms with Crippen molar-refractivity contribution in [2.24, 2.45) is 11.7 Å². The molecule has 0 rings (SSSR count). The van der Waals surface area contributed by atoms with Gasteiger partial charge >= 0.3 is 0 Å². The normalized spacial score (nSPS) is 15.2. The van der Waals surface area contributed by atoms with E-state index < -0.39 is 24.4 Å². The molecule has 0 aliphatic rings. The molecule has 0 fully saturated rings. The van der Waals surface area contributed by atoms with Gasteiger partial charge in [0, 0.05) is 6.42 Å². The first-order chi connectivity index (χ1) is 16.4. The Morgan fingerprint density at radius 2 is 0.941 bits per heavy atom. The minimum atomic E-state index is -1.38. The zero-order valence-electron chi connectivity index (χ0n) is 22.7. The van der Waals surface area contributed by atoms with Gasteiger partial charge in [-0.15, -0.1) is 0 Å². The second kappa shape index (κ2) is 24.2. The summed E-state index contributed by atoms with van der Waals surface area (Å²) in [6, 6.07) is 0. The SMILES string of the molecule is CCCCCCCCCCCCCCCC(O)C(C(=O)CC(O)CCCCCCCC)C(N)O. The van der Waals surface area contributed by atoms with Crippen LogP contribution in [0.5, 0.6) is 0 Å². The number of carbonyl (C=O) groups is 1. The first-order valence-electron chi connectivity index (χ1n) is 14.8. The lowest BCUT2D eigenvalue weighted by Gasteiger charge is -2.25. The fourth-order valence-electron chi connectivity index (χ4n) is 4.81. The van der Waals surface area contributed by atoms with Gasteiger partial charge in [0.1, 0.15) is 12.0 Å². The van der Waals surface area contributed by atoms with Gasteiger partial charge in [0.25, 0.3) is 0 Å². The molecule has 0 bridgehead atoms. The fourth-order valence-corrected chi connectivity index (χ4v) is 4.81. The van der Waals surface area contributed by atoms with Crippen LogP contribution in [-0.2, 0) is 4.79 Å². The van der Waals surface area contributed by atoms with Crippen LogP contribution >= 0.6 is 0 Å². The molecule has 204 valence electrons. The van der Waals surface area contributed by atoms with Crippen molar-refractivity contribution in [1.82, 2.24) is 0 Å². The van der Waals surface area contributed by atoms with Crippen molar-refractivity contribution in [2.75, 3.05) is 0 Å². The summed E-state index contributed by atoms with van der Waals surface area (Å²) < 4.78 is 0. The molecule has 0 aliphatic carbocycles. The van der Waals surface area contributed by atoms with E-state index in [2.05, 4.69) is 13.8 Å². The van der Waals surface area contributed by atoms with Gasteiger partial charge in [0.15, 0.2) is 0 Å². The monoisotopic (exact) mass is 485 g/mol. The van der Waals surface area contributed by atoms with Crippen molar-refractivity contribution < 1.29 is 20.1 Å². The molecule has 0 amide bonds. The Morgan fingerprint density at radius 1 is 0.588 bits per heavy atom. The summed E-state index contributed by atoms with van der Waals surface area (Å²) in [5, 5.41) is 30.6. The third-order valence-electron chi connectivity index (χ3n) is 7.09. The molecule has 0 saturated heterocycles.